The molecule has 0 aliphatic rings. The van der Waals surface area contributed by atoms with E-state index in [-0.39, 0.29) is 5.91 Å². The second-order valence-corrected chi connectivity index (χ2v) is 5.60. The molecule has 0 aliphatic heterocycles. The first kappa shape index (κ1) is 16.0. The first-order valence-electron chi connectivity index (χ1n) is 7.50. The Kier molecular flexibility index (Phi) is 5.15. The van der Waals surface area contributed by atoms with Crippen LogP contribution in [0.2, 0.25) is 0 Å². The predicted molar refractivity (Wildman–Crippen MR) is 89.6 cm³/mol. The molecule has 2 rings (SSSR count). The summed E-state index contributed by atoms with van der Waals surface area (Å²) in [6, 6.07) is 10.2. The summed E-state index contributed by atoms with van der Waals surface area (Å²) in [5.74, 6) is 0.214. The lowest BCUT2D eigenvalue weighted by molar-refractivity contribution is -0.116. The Morgan fingerprint density at radius 3 is 2.59 bits per heavy atom. The summed E-state index contributed by atoms with van der Waals surface area (Å²) in [5, 5.41) is 7.28. The van der Waals surface area contributed by atoms with Gasteiger partial charge in [0.25, 0.3) is 0 Å². The average molecular weight is 297 g/mol. The van der Waals surface area contributed by atoms with Crippen LogP contribution in [-0.2, 0) is 11.8 Å². The van der Waals surface area contributed by atoms with Crippen molar-refractivity contribution < 1.29 is 4.79 Å². The number of amides is 1. The third-order valence-electron chi connectivity index (χ3n) is 3.92. The third-order valence-corrected chi connectivity index (χ3v) is 3.92. The lowest BCUT2D eigenvalue weighted by atomic mass is 10.0. The van der Waals surface area contributed by atoms with Gasteiger partial charge < -0.3 is 5.32 Å². The molecule has 0 spiro atoms. The minimum absolute atomic E-state index is 0.0783. The number of carbonyl (C=O) groups is 1. The number of hydrogen-bond donors (Lipinski definition) is 1. The Balaban J connectivity index is 1.92. The fourth-order valence-corrected chi connectivity index (χ4v) is 2.40. The molecule has 0 bridgehead atoms. The Hall–Kier alpha value is -2.36. The molecule has 0 aliphatic carbocycles. The lowest BCUT2D eigenvalue weighted by Crippen LogP contribution is -2.25. The van der Waals surface area contributed by atoms with E-state index in [1.54, 1.807) is 6.08 Å². The normalized spacial score (nSPS) is 12.5. The maximum absolute atomic E-state index is 12.0. The number of benzene rings is 1. The molecule has 0 saturated carbocycles. The number of carbonyl (C=O) groups excluding carboxylic acids is 1. The van der Waals surface area contributed by atoms with Gasteiger partial charge in [-0.15, -0.1) is 0 Å². The minimum atomic E-state index is -0.0783. The van der Waals surface area contributed by atoms with Crippen molar-refractivity contribution in [2.24, 2.45) is 7.05 Å². The van der Waals surface area contributed by atoms with Gasteiger partial charge >= 0.3 is 0 Å². The molecule has 2 aromatic rings. The van der Waals surface area contributed by atoms with Gasteiger partial charge in [-0.3, -0.25) is 9.48 Å². The molecular formula is C18H23N3O. The number of nitrogens with one attached hydrogen (secondary N) is 1. The Labute approximate surface area is 131 Å². The SMILES string of the molecule is Cc1nn(C)c(C)c1/C=C/C(=O)NC[C@@H](C)c1ccccc1. The van der Waals surface area contributed by atoms with Crippen molar-refractivity contribution in [2.45, 2.75) is 26.7 Å². The van der Waals surface area contributed by atoms with Gasteiger partial charge in [0.2, 0.25) is 5.91 Å². The molecule has 1 N–H and O–H groups in total. The van der Waals surface area contributed by atoms with Crippen molar-refractivity contribution in [3.63, 3.8) is 0 Å². The summed E-state index contributed by atoms with van der Waals surface area (Å²) in [5.41, 5.74) is 4.22. The van der Waals surface area contributed by atoms with Crippen LogP contribution in [0.15, 0.2) is 36.4 Å². The quantitative estimate of drug-likeness (QED) is 0.863. The van der Waals surface area contributed by atoms with E-state index in [0.717, 1.165) is 17.0 Å². The van der Waals surface area contributed by atoms with Crippen LogP contribution >= 0.6 is 0 Å². The topological polar surface area (TPSA) is 46.9 Å². The minimum Gasteiger partial charge on any atom is -0.352 e. The molecule has 22 heavy (non-hydrogen) atoms. The summed E-state index contributed by atoms with van der Waals surface area (Å²) < 4.78 is 1.82. The fourth-order valence-electron chi connectivity index (χ4n) is 2.40. The van der Waals surface area contributed by atoms with Crippen LogP contribution in [0, 0.1) is 13.8 Å². The van der Waals surface area contributed by atoms with Crippen LogP contribution in [0.5, 0.6) is 0 Å². The van der Waals surface area contributed by atoms with E-state index in [4.69, 9.17) is 0 Å². The van der Waals surface area contributed by atoms with Crippen molar-refractivity contribution in [1.82, 2.24) is 15.1 Å². The van der Waals surface area contributed by atoms with Crippen molar-refractivity contribution in [3.05, 3.63) is 58.9 Å². The van der Waals surface area contributed by atoms with E-state index in [0.29, 0.717) is 12.5 Å². The van der Waals surface area contributed by atoms with Crippen LogP contribution < -0.4 is 5.32 Å². The zero-order chi connectivity index (χ0) is 16.1. The summed E-state index contributed by atoms with van der Waals surface area (Å²) >= 11 is 0. The summed E-state index contributed by atoms with van der Waals surface area (Å²) in [4.78, 5) is 12.0. The molecule has 4 nitrogen and oxygen atoms in total. The van der Waals surface area contributed by atoms with Crippen LogP contribution in [0.25, 0.3) is 6.08 Å². The van der Waals surface area contributed by atoms with E-state index in [9.17, 15) is 4.79 Å². The molecular weight excluding hydrogens is 274 g/mol. The largest absolute Gasteiger partial charge is 0.352 e. The zero-order valence-corrected chi connectivity index (χ0v) is 13.6. The van der Waals surface area contributed by atoms with Gasteiger partial charge in [0, 0.05) is 30.9 Å². The second-order valence-electron chi connectivity index (χ2n) is 5.60. The van der Waals surface area contributed by atoms with Gasteiger partial charge in [0.15, 0.2) is 0 Å². The maximum atomic E-state index is 12.0. The van der Waals surface area contributed by atoms with E-state index in [1.165, 1.54) is 5.56 Å². The molecule has 1 atom stereocenters. The lowest BCUT2D eigenvalue weighted by Gasteiger charge is -2.11. The smallest absolute Gasteiger partial charge is 0.244 e. The summed E-state index contributed by atoms with van der Waals surface area (Å²) in [6.07, 6.45) is 3.41. The molecule has 1 aromatic heterocycles. The van der Waals surface area contributed by atoms with Gasteiger partial charge in [-0.2, -0.15) is 5.10 Å². The number of aryl methyl sites for hydroxylation is 2. The van der Waals surface area contributed by atoms with Crippen LogP contribution in [0.1, 0.15) is 35.4 Å². The van der Waals surface area contributed by atoms with Crippen molar-refractivity contribution in [3.8, 4) is 0 Å². The van der Waals surface area contributed by atoms with Gasteiger partial charge in [0.1, 0.15) is 0 Å². The Morgan fingerprint density at radius 2 is 2.00 bits per heavy atom. The number of hydrogen-bond acceptors (Lipinski definition) is 2. The second kappa shape index (κ2) is 7.07. The molecule has 0 fully saturated rings. The maximum Gasteiger partial charge on any atom is 0.244 e. The van der Waals surface area contributed by atoms with Crippen molar-refractivity contribution in [2.75, 3.05) is 6.54 Å². The highest BCUT2D eigenvalue weighted by molar-refractivity contribution is 5.92. The van der Waals surface area contributed by atoms with Crippen LogP contribution in [0.4, 0.5) is 0 Å². The number of nitrogens with zero attached hydrogens (tertiary/aromatic N) is 2. The fraction of sp³-hybridized carbons (Fsp3) is 0.333. The predicted octanol–water partition coefficient (Wildman–Crippen LogP) is 2.97. The van der Waals surface area contributed by atoms with Gasteiger partial charge in [-0.05, 0) is 31.4 Å². The Bertz CT molecular complexity index is 671. The summed E-state index contributed by atoms with van der Waals surface area (Å²) in [6.45, 7) is 6.67. The van der Waals surface area contributed by atoms with E-state index in [2.05, 4.69) is 29.5 Å². The zero-order valence-electron chi connectivity index (χ0n) is 13.6. The van der Waals surface area contributed by atoms with E-state index in [1.807, 2.05) is 49.9 Å². The van der Waals surface area contributed by atoms with E-state index >= 15 is 0 Å². The first-order valence-corrected chi connectivity index (χ1v) is 7.50. The standard InChI is InChI=1S/C18H23N3O/c1-13(16-8-6-5-7-9-16)12-19-18(22)11-10-17-14(2)20-21(4)15(17)3/h5-11,13H,12H2,1-4H3,(H,19,22)/b11-10+/t13-/m1/s1. The van der Waals surface area contributed by atoms with E-state index < -0.39 is 0 Å². The van der Waals surface area contributed by atoms with Crippen LogP contribution in [-0.4, -0.2) is 22.2 Å². The Morgan fingerprint density at radius 1 is 1.32 bits per heavy atom. The monoisotopic (exact) mass is 297 g/mol. The number of rotatable bonds is 5. The molecule has 116 valence electrons. The first-order chi connectivity index (χ1) is 10.5. The third kappa shape index (κ3) is 3.85. The number of aromatic nitrogens is 2. The average Bonchev–Trinajstić information content (AvgIpc) is 2.76. The highest BCUT2D eigenvalue weighted by atomic mass is 16.1. The van der Waals surface area contributed by atoms with Crippen molar-refractivity contribution >= 4 is 12.0 Å². The highest BCUT2D eigenvalue weighted by Gasteiger charge is 2.08. The molecule has 0 radical (unpaired) electrons. The van der Waals surface area contributed by atoms with Gasteiger partial charge in [-0.25, -0.2) is 0 Å². The molecule has 0 unspecified atom stereocenters. The molecule has 0 saturated heterocycles. The summed E-state index contributed by atoms with van der Waals surface area (Å²) in [7, 11) is 1.90. The molecule has 1 amide bonds. The molecule has 4 heteroatoms. The van der Waals surface area contributed by atoms with Crippen LogP contribution in [0.3, 0.4) is 0 Å². The highest BCUT2D eigenvalue weighted by Crippen LogP contribution is 2.14. The van der Waals surface area contributed by atoms with Gasteiger partial charge in [-0.1, -0.05) is 37.3 Å². The van der Waals surface area contributed by atoms with Gasteiger partial charge in [0.05, 0.1) is 5.69 Å². The van der Waals surface area contributed by atoms with Crippen molar-refractivity contribution in [1.29, 1.82) is 0 Å². The molecule has 1 aromatic carbocycles. The molecule has 1 heterocycles.